The second kappa shape index (κ2) is 36.3. The Morgan fingerprint density at radius 3 is 1.45 bits per heavy atom. The Kier molecular flexibility index (Phi) is 30.1. The summed E-state index contributed by atoms with van der Waals surface area (Å²) in [5.41, 5.74) is 1.23. The summed E-state index contributed by atoms with van der Waals surface area (Å²) in [5, 5.41) is 135. The fraction of sp³-hybridized carbons (Fsp3) is 0.706. The van der Waals surface area contributed by atoms with Crippen LogP contribution in [-0.4, -0.2) is 267 Å². The van der Waals surface area contributed by atoms with Crippen molar-refractivity contribution in [1.29, 1.82) is 0 Å². The van der Waals surface area contributed by atoms with Crippen molar-refractivity contribution in [3.8, 4) is 0 Å². The van der Waals surface area contributed by atoms with Crippen molar-refractivity contribution in [2.75, 3.05) is 59.3 Å². The van der Waals surface area contributed by atoms with E-state index in [1.54, 1.807) is 60.7 Å². The van der Waals surface area contributed by atoms with Crippen molar-refractivity contribution < 1.29 is 150 Å². The smallest absolute Gasteiger partial charge is 0.394 e. The Labute approximate surface area is 503 Å². The van der Waals surface area contributed by atoms with Crippen LogP contribution in [0.3, 0.4) is 0 Å². The molecular formula is C51H78N4O31P2. The number of ether oxygens (including phenoxy) is 8. The number of phosphoric ester groups is 1. The Balaban J connectivity index is 0.977. The van der Waals surface area contributed by atoms with Gasteiger partial charge in [-0.3, -0.25) is 37.3 Å². The van der Waals surface area contributed by atoms with Gasteiger partial charge in [-0.1, -0.05) is 60.7 Å². The highest BCUT2D eigenvalue weighted by molar-refractivity contribution is 7.48. The zero-order valence-corrected chi connectivity index (χ0v) is 48.9. The van der Waals surface area contributed by atoms with Gasteiger partial charge in [-0.05, 0) is 30.4 Å². The first-order chi connectivity index (χ1) is 42.1. The molecule has 6 rings (SSSR count). The largest absolute Gasteiger partial charge is 0.475 e. The minimum absolute atomic E-state index is 0.0155. The SMILES string of the molecule is NOCC(=O)N[C@H](CCC(=O)NCCCO[C@@H]1OC(CO)[C@H](O)[C@@H](O)C1O[C@@H]1OC(COP(=O)(OCc2ccccc2)OCc2ccccc2)[C@H](O)[C@@H](O)C1O)C(=O)NCCCO[C@H]1OC(CO)[C@@H](O)[C@H](O)C1O[C@H]1OC(COP(=O)=O)[C@@H](O)[C@H](O)C1O. The summed E-state index contributed by atoms with van der Waals surface area (Å²) in [6, 6.07) is 15.9. The van der Waals surface area contributed by atoms with Crippen molar-refractivity contribution in [2.45, 2.75) is 168 Å². The first-order valence-corrected chi connectivity index (χ1v) is 30.4. The van der Waals surface area contributed by atoms with Crippen LogP contribution in [-0.2, 0) is 102 Å². The van der Waals surface area contributed by atoms with Crippen molar-refractivity contribution in [3.05, 3.63) is 71.8 Å². The maximum atomic E-state index is 14.0. The molecule has 0 radical (unpaired) electrons. The second-order valence-electron chi connectivity index (χ2n) is 20.5. The van der Waals surface area contributed by atoms with Gasteiger partial charge in [0.15, 0.2) is 25.2 Å². The van der Waals surface area contributed by atoms with E-state index in [2.05, 4.69) is 25.3 Å². The van der Waals surface area contributed by atoms with Gasteiger partial charge in [0.25, 0.3) is 0 Å². The van der Waals surface area contributed by atoms with Crippen LogP contribution < -0.4 is 21.8 Å². The topological polar surface area (TPSA) is 527 Å². The van der Waals surface area contributed by atoms with Crippen LogP contribution in [0.4, 0.5) is 0 Å². The Hall–Kier alpha value is -4.06. The molecule has 37 heteroatoms. The summed E-state index contributed by atoms with van der Waals surface area (Å²) in [6.07, 6.45) is -36.1. The summed E-state index contributed by atoms with van der Waals surface area (Å²) in [4.78, 5) is 43.2. The van der Waals surface area contributed by atoms with Crippen LogP contribution in [0.2, 0.25) is 0 Å². The molecule has 0 saturated carbocycles. The Morgan fingerprint density at radius 1 is 0.557 bits per heavy atom. The zero-order valence-electron chi connectivity index (χ0n) is 47.1. The van der Waals surface area contributed by atoms with Gasteiger partial charge in [-0.2, -0.15) is 0 Å². The maximum absolute atomic E-state index is 14.0. The minimum Gasteiger partial charge on any atom is -0.394 e. The lowest BCUT2D eigenvalue weighted by Crippen LogP contribution is -2.64. The average Bonchev–Trinajstić information content (AvgIpc) is 2.10. The molecule has 4 heterocycles. The molecule has 0 spiro atoms. The number of carbonyl (C=O) groups excluding carboxylic acids is 3. The van der Waals surface area contributed by atoms with E-state index in [1.807, 2.05) is 0 Å². The molecule has 0 bridgehead atoms. The van der Waals surface area contributed by atoms with Gasteiger partial charge in [0.1, 0.15) is 110 Å². The minimum atomic E-state index is -4.47. The predicted molar refractivity (Wildman–Crippen MR) is 287 cm³/mol. The van der Waals surface area contributed by atoms with Crippen molar-refractivity contribution >= 4 is 33.5 Å². The second-order valence-corrected chi connectivity index (χ2v) is 22.9. The number of benzene rings is 2. The molecule has 17 N–H and O–H groups in total. The highest BCUT2D eigenvalue weighted by Crippen LogP contribution is 2.51. The zero-order chi connectivity index (χ0) is 64.1. The van der Waals surface area contributed by atoms with Gasteiger partial charge >= 0.3 is 15.7 Å². The van der Waals surface area contributed by atoms with Crippen molar-refractivity contribution in [3.63, 3.8) is 0 Å². The molecule has 21 atom stereocenters. The molecule has 4 aliphatic rings. The molecule has 498 valence electrons. The van der Waals surface area contributed by atoms with Crippen LogP contribution in [0.5, 0.6) is 0 Å². The van der Waals surface area contributed by atoms with Gasteiger partial charge in [-0.25, -0.2) is 19.6 Å². The number of nitrogens with two attached hydrogens (primary N) is 1. The lowest BCUT2D eigenvalue weighted by atomic mass is 9.97. The molecule has 3 amide bonds. The third-order valence-electron chi connectivity index (χ3n) is 14.1. The number of nitrogens with one attached hydrogen (secondary N) is 3. The average molecular weight is 1310 g/mol. The molecule has 8 unspecified atom stereocenters. The number of carbonyl (C=O) groups is 3. The number of hydrogen-bond acceptors (Lipinski definition) is 32. The Morgan fingerprint density at radius 2 is 1.00 bits per heavy atom. The normalized spacial score (nSPS) is 33.1. The molecule has 2 aromatic rings. The van der Waals surface area contributed by atoms with Gasteiger partial charge in [-0.15, -0.1) is 0 Å². The monoisotopic (exact) mass is 1300 g/mol. The maximum Gasteiger partial charge on any atom is 0.475 e. The molecule has 0 aliphatic carbocycles. The van der Waals surface area contributed by atoms with E-state index >= 15 is 0 Å². The van der Waals surface area contributed by atoms with Gasteiger partial charge in [0.05, 0.1) is 52.9 Å². The molecule has 88 heavy (non-hydrogen) atoms. The number of aliphatic hydroxyl groups is 12. The van der Waals surface area contributed by atoms with E-state index in [-0.39, 0.29) is 65.2 Å². The molecule has 35 nitrogen and oxygen atoms in total. The lowest BCUT2D eigenvalue weighted by Gasteiger charge is -2.46. The summed E-state index contributed by atoms with van der Waals surface area (Å²) in [6.45, 7) is -5.07. The standard InChI is InChI=1S/C51H78N4O31P2/c52-76-25-34(59)55-28(47(70)54-16-8-18-75-51-45(41(66)35(60)30(20-57)82-51)85-48-43(68)39(64)37(62)31(83-48)23-77-87(71)72)13-14-33(58)53-15-7-17-74-50-46(42(67)36(61)29(19-56)81-50)86-49-44(69)40(65)38(63)32(84-49)24-80-88(73,78-21-26-9-3-1-4-10-26)79-22-27-11-5-2-6-12-27/h1-6,9-12,28-32,35-46,48-51,56-57,60-69H,7-8,13-25,52H2,(H,53,58)(H,54,70)(H,55,59)/t28-,29?,30?,31?,32?,35-,36+,37-,38+,39+,40-,41+,42-,43?,44?,45?,46?,48-,49+,50-,51+/m1/s1. The van der Waals surface area contributed by atoms with Crippen molar-refractivity contribution in [1.82, 2.24) is 16.0 Å². The van der Waals surface area contributed by atoms with Crippen molar-refractivity contribution in [2.24, 2.45) is 5.90 Å². The highest BCUT2D eigenvalue weighted by Gasteiger charge is 2.53. The Bertz CT molecular complexity index is 2490. The molecule has 4 aliphatic heterocycles. The van der Waals surface area contributed by atoms with Crippen LogP contribution in [0.25, 0.3) is 0 Å². The van der Waals surface area contributed by atoms with Gasteiger partial charge in [0.2, 0.25) is 17.7 Å². The van der Waals surface area contributed by atoms with Crippen LogP contribution in [0.15, 0.2) is 60.7 Å². The number of rotatable bonds is 35. The predicted octanol–water partition coefficient (Wildman–Crippen LogP) is -5.89. The van der Waals surface area contributed by atoms with Gasteiger partial charge < -0.3 is 115 Å². The van der Waals surface area contributed by atoms with E-state index in [1.165, 1.54) is 0 Å². The van der Waals surface area contributed by atoms with Crippen LogP contribution >= 0.6 is 15.7 Å². The van der Waals surface area contributed by atoms with Crippen LogP contribution in [0, 0.1) is 0 Å². The number of hydrogen-bond donors (Lipinski definition) is 16. The lowest BCUT2D eigenvalue weighted by molar-refractivity contribution is -0.367. The number of aliphatic hydroxyl groups excluding tert-OH is 12. The first kappa shape index (κ1) is 73.0. The summed E-state index contributed by atoms with van der Waals surface area (Å²) in [7, 11) is -7.88. The van der Waals surface area contributed by atoms with E-state index in [9.17, 15) is 89.4 Å². The molecular weight excluding hydrogens is 1230 g/mol. The number of phosphoric acid groups is 1. The summed E-state index contributed by atoms with van der Waals surface area (Å²) in [5.74, 6) is 2.82. The fourth-order valence-corrected chi connectivity index (χ4v) is 10.7. The third-order valence-corrected chi connectivity index (χ3v) is 15.8. The quantitative estimate of drug-likeness (QED) is 0.0174. The number of amides is 3. The molecule has 4 saturated heterocycles. The van der Waals surface area contributed by atoms with E-state index in [0.29, 0.717) is 11.1 Å². The molecule has 4 fully saturated rings. The molecule has 2 aromatic carbocycles. The summed E-state index contributed by atoms with van der Waals surface area (Å²) < 4.78 is 103. The third kappa shape index (κ3) is 21.2. The van der Waals surface area contributed by atoms with E-state index in [0.717, 1.165) is 0 Å². The van der Waals surface area contributed by atoms with E-state index < -0.39 is 195 Å². The fourth-order valence-electron chi connectivity index (χ4n) is 9.23. The highest BCUT2D eigenvalue weighted by atomic mass is 31.2. The summed E-state index contributed by atoms with van der Waals surface area (Å²) >= 11 is 0. The van der Waals surface area contributed by atoms with E-state index in [4.69, 9.17) is 57.4 Å². The first-order valence-electron chi connectivity index (χ1n) is 27.8. The van der Waals surface area contributed by atoms with Crippen LogP contribution in [0.1, 0.15) is 36.8 Å². The van der Waals surface area contributed by atoms with Gasteiger partial charge in [0, 0.05) is 19.5 Å². The molecule has 0 aromatic heterocycles.